The van der Waals surface area contributed by atoms with Crippen molar-refractivity contribution in [1.29, 1.82) is 0 Å². The summed E-state index contributed by atoms with van der Waals surface area (Å²) in [6, 6.07) is 3.49. The molecular formula is C15H19F2NOS. The molecule has 0 saturated heterocycles. The number of carbonyl (C=O) groups excluding carboxylic acids is 1. The highest BCUT2D eigenvalue weighted by molar-refractivity contribution is 8.00. The number of carbonyl (C=O) groups is 1. The maximum absolute atomic E-state index is 13.4. The van der Waals surface area contributed by atoms with Crippen molar-refractivity contribution in [3.05, 3.63) is 29.8 Å². The molecule has 0 radical (unpaired) electrons. The van der Waals surface area contributed by atoms with Gasteiger partial charge in [-0.1, -0.05) is 19.8 Å². The topological polar surface area (TPSA) is 29.1 Å². The van der Waals surface area contributed by atoms with Crippen LogP contribution in [0.3, 0.4) is 0 Å². The second kappa shape index (κ2) is 7.07. The highest BCUT2D eigenvalue weighted by Crippen LogP contribution is 2.25. The molecular weight excluding hydrogens is 280 g/mol. The van der Waals surface area contributed by atoms with E-state index in [9.17, 15) is 13.6 Å². The van der Waals surface area contributed by atoms with Crippen molar-refractivity contribution >= 4 is 17.7 Å². The summed E-state index contributed by atoms with van der Waals surface area (Å²) in [6.45, 7) is 2.14. The molecule has 1 aromatic rings. The number of rotatable bonds is 4. The fourth-order valence-corrected chi connectivity index (χ4v) is 3.28. The van der Waals surface area contributed by atoms with Gasteiger partial charge >= 0.3 is 0 Å². The molecule has 1 amide bonds. The Morgan fingerprint density at radius 2 is 2.10 bits per heavy atom. The van der Waals surface area contributed by atoms with Crippen LogP contribution in [0.15, 0.2) is 23.1 Å². The van der Waals surface area contributed by atoms with Crippen molar-refractivity contribution in [3.8, 4) is 0 Å². The normalized spacial score (nSPS) is 22.6. The molecule has 2 rings (SSSR count). The lowest BCUT2D eigenvalue weighted by Gasteiger charge is -2.29. The lowest BCUT2D eigenvalue weighted by molar-refractivity contribution is -0.119. The van der Waals surface area contributed by atoms with E-state index < -0.39 is 11.6 Å². The highest BCUT2D eigenvalue weighted by atomic mass is 32.2. The van der Waals surface area contributed by atoms with Crippen LogP contribution in [0.2, 0.25) is 0 Å². The van der Waals surface area contributed by atoms with Crippen LogP contribution in [0, 0.1) is 17.6 Å². The van der Waals surface area contributed by atoms with Gasteiger partial charge in [0.25, 0.3) is 0 Å². The minimum atomic E-state index is -0.491. The molecule has 1 aliphatic carbocycles. The number of hydrogen-bond acceptors (Lipinski definition) is 2. The molecule has 1 saturated carbocycles. The lowest BCUT2D eigenvalue weighted by Crippen LogP contribution is -2.41. The quantitative estimate of drug-likeness (QED) is 0.858. The van der Waals surface area contributed by atoms with Crippen LogP contribution >= 0.6 is 11.8 Å². The van der Waals surface area contributed by atoms with Crippen LogP contribution in [-0.2, 0) is 4.79 Å². The van der Waals surface area contributed by atoms with Gasteiger partial charge in [-0.2, -0.15) is 0 Å². The van der Waals surface area contributed by atoms with Crippen molar-refractivity contribution in [2.24, 2.45) is 5.92 Å². The van der Waals surface area contributed by atoms with E-state index in [4.69, 9.17) is 0 Å². The zero-order valence-electron chi connectivity index (χ0n) is 11.5. The van der Waals surface area contributed by atoms with E-state index in [0.717, 1.165) is 49.2 Å². The molecule has 0 aliphatic heterocycles. The first-order chi connectivity index (χ1) is 9.56. The van der Waals surface area contributed by atoms with Crippen molar-refractivity contribution in [2.45, 2.75) is 43.5 Å². The summed E-state index contributed by atoms with van der Waals surface area (Å²) in [5.41, 5.74) is 0. The van der Waals surface area contributed by atoms with Gasteiger partial charge in [0, 0.05) is 10.9 Å². The van der Waals surface area contributed by atoms with E-state index in [-0.39, 0.29) is 22.6 Å². The third kappa shape index (κ3) is 4.20. The average molecular weight is 299 g/mol. The van der Waals surface area contributed by atoms with E-state index in [0.29, 0.717) is 5.92 Å². The number of amides is 1. The Labute approximate surface area is 122 Å². The maximum Gasteiger partial charge on any atom is 0.230 e. The second-order valence-corrected chi connectivity index (χ2v) is 6.32. The van der Waals surface area contributed by atoms with E-state index in [2.05, 4.69) is 12.2 Å². The Hall–Kier alpha value is -1.10. The van der Waals surface area contributed by atoms with E-state index in [1.165, 1.54) is 6.42 Å². The van der Waals surface area contributed by atoms with Crippen molar-refractivity contribution in [3.63, 3.8) is 0 Å². The minimum absolute atomic E-state index is 0.114. The fourth-order valence-electron chi connectivity index (χ4n) is 2.51. The predicted molar refractivity (Wildman–Crippen MR) is 76.6 cm³/mol. The van der Waals surface area contributed by atoms with Gasteiger partial charge in [-0.3, -0.25) is 4.79 Å². The molecule has 1 aliphatic rings. The Balaban J connectivity index is 1.84. The summed E-state index contributed by atoms with van der Waals surface area (Å²) in [4.78, 5) is 12.1. The summed E-state index contributed by atoms with van der Waals surface area (Å²) in [5, 5.41) is 3.00. The van der Waals surface area contributed by atoms with Gasteiger partial charge in [0.2, 0.25) is 5.91 Å². The van der Waals surface area contributed by atoms with E-state index >= 15 is 0 Å². The SMILES string of the molecule is C[C@H]1CCCC[C@H]1NC(=O)CSc1cc(F)ccc1F. The van der Waals surface area contributed by atoms with Gasteiger partial charge in [-0.15, -0.1) is 11.8 Å². The van der Waals surface area contributed by atoms with Gasteiger partial charge in [-0.05, 0) is 37.0 Å². The summed E-state index contributed by atoms with van der Waals surface area (Å²) >= 11 is 1.03. The van der Waals surface area contributed by atoms with Gasteiger partial charge in [-0.25, -0.2) is 8.78 Å². The number of thioether (sulfide) groups is 1. The number of halogens is 2. The predicted octanol–water partition coefficient (Wildman–Crippen LogP) is 3.75. The molecule has 2 nitrogen and oxygen atoms in total. The molecule has 0 heterocycles. The summed E-state index contributed by atoms with van der Waals surface area (Å²) in [7, 11) is 0. The molecule has 5 heteroatoms. The van der Waals surface area contributed by atoms with E-state index in [1.54, 1.807) is 0 Å². The van der Waals surface area contributed by atoms with Gasteiger partial charge in [0.15, 0.2) is 0 Å². The van der Waals surface area contributed by atoms with Crippen molar-refractivity contribution < 1.29 is 13.6 Å². The largest absolute Gasteiger partial charge is 0.352 e. The number of nitrogens with one attached hydrogen (secondary N) is 1. The van der Waals surface area contributed by atoms with Gasteiger partial charge in [0.05, 0.1) is 5.75 Å². The summed E-state index contributed by atoms with van der Waals surface area (Å²) in [6.07, 6.45) is 4.50. The number of hydrogen-bond donors (Lipinski definition) is 1. The van der Waals surface area contributed by atoms with Crippen LogP contribution in [-0.4, -0.2) is 17.7 Å². The third-order valence-corrected chi connectivity index (χ3v) is 4.74. The molecule has 1 N–H and O–H groups in total. The molecule has 1 fully saturated rings. The van der Waals surface area contributed by atoms with Gasteiger partial charge in [0.1, 0.15) is 11.6 Å². The minimum Gasteiger partial charge on any atom is -0.352 e. The molecule has 0 bridgehead atoms. The Bertz CT molecular complexity index is 481. The first kappa shape index (κ1) is 15.3. The van der Waals surface area contributed by atoms with Crippen LogP contribution in [0.1, 0.15) is 32.6 Å². The smallest absolute Gasteiger partial charge is 0.230 e. The van der Waals surface area contributed by atoms with Crippen LogP contribution in [0.4, 0.5) is 8.78 Å². The Morgan fingerprint density at radius 3 is 2.85 bits per heavy atom. The summed E-state index contributed by atoms with van der Waals surface area (Å²) in [5.74, 6) is -0.490. The van der Waals surface area contributed by atoms with E-state index in [1.807, 2.05) is 0 Å². The lowest BCUT2D eigenvalue weighted by atomic mass is 9.86. The highest BCUT2D eigenvalue weighted by Gasteiger charge is 2.22. The average Bonchev–Trinajstić information content (AvgIpc) is 2.42. The van der Waals surface area contributed by atoms with Crippen LogP contribution in [0.5, 0.6) is 0 Å². The van der Waals surface area contributed by atoms with Crippen molar-refractivity contribution in [1.82, 2.24) is 5.32 Å². The number of benzene rings is 1. The van der Waals surface area contributed by atoms with Crippen molar-refractivity contribution in [2.75, 3.05) is 5.75 Å². The first-order valence-corrected chi connectivity index (χ1v) is 7.92. The monoisotopic (exact) mass is 299 g/mol. The molecule has 1 aromatic carbocycles. The third-order valence-electron chi connectivity index (χ3n) is 3.71. The maximum atomic E-state index is 13.4. The van der Waals surface area contributed by atoms with Gasteiger partial charge < -0.3 is 5.32 Å². The molecule has 110 valence electrons. The first-order valence-electron chi connectivity index (χ1n) is 6.93. The molecule has 0 aromatic heterocycles. The Morgan fingerprint density at radius 1 is 1.35 bits per heavy atom. The molecule has 0 spiro atoms. The van der Waals surface area contributed by atoms with Crippen LogP contribution in [0.25, 0.3) is 0 Å². The summed E-state index contributed by atoms with van der Waals surface area (Å²) < 4.78 is 26.4. The standard InChI is InChI=1S/C15H19F2NOS/c1-10-4-2-3-5-13(10)18-15(19)9-20-14-8-11(16)6-7-12(14)17/h6-8,10,13H,2-5,9H2,1H3,(H,18,19)/t10-,13+/m0/s1. The second-order valence-electron chi connectivity index (χ2n) is 5.30. The van der Waals surface area contributed by atoms with Crippen LogP contribution < -0.4 is 5.32 Å². The molecule has 0 unspecified atom stereocenters. The fraction of sp³-hybridized carbons (Fsp3) is 0.533. The zero-order chi connectivity index (χ0) is 14.5. The Kier molecular flexibility index (Phi) is 5.40. The molecule has 20 heavy (non-hydrogen) atoms. The zero-order valence-corrected chi connectivity index (χ0v) is 12.3. The molecule has 2 atom stereocenters.